The van der Waals surface area contributed by atoms with E-state index in [-0.39, 0.29) is 19.3 Å². The Kier molecular flexibility index (Phi) is 4.68. The number of ether oxygens (including phenoxy) is 1. The van der Waals surface area contributed by atoms with Crippen LogP contribution in [-0.4, -0.2) is 41.6 Å². The van der Waals surface area contributed by atoms with E-state index in [1.165, 1.54) is 0 Å². The number of fused-ring (bicyclic) bond motifs is 1. The van der Waals surface area contributed by atoms with Crippen LogP contribution in [0.3, 0.4) is 0 Å². The molecule has 0 saturated carbocycles. The second-order valence-corrected chi connectivity index (χ2v) is 5.46. The first-order valence-electron chi connectivity index (χ1n) is 6.54. The third kappa shape index (κ3) is 3.20. The third-order valence-corrected chi connectivity index (χ3v) is 3.99. The summed E-state index contributed by atoms with van der Waals surface area (Å²) in [7, 11) is 0. The molecule has 1 aromatic carbocycles. The highest BCUT2D eigenvalue weighted by atomic mass is 35.5. The van der Waals surface area contributed by atoms with Gasteiger partial charge in [-0.05, 0) is 30.2 Å². The summed E-state index contributed by atoms with van der Waals surface area (Å²) >= 11 is 5.95. The van der Waals surface area contributed by atoms with E-state index in [1.807, 2.05) is 25.1 Å². The molecule has 0 aliphatic carbocycles. The number of rotatable bonds is 6. The molecule has 1 aliphatic rings. The number of aliphatic hydroxyl groups excluding tert-OH is 2. The molecule has 2 rings (SSSR count). The summed E-state index contributed by atoms with van der Waals surface area (Å²) in [4.78, 5) is 0. The van der Waals surface area contributed by atoms with E-state index in [4.69, 9.17) is 16.3 Å². The van der Waals surface area contributed by atoms with Crippen molar-refractivity contribution in [3.8, 4) is 5.75 Å². The van der Waals surface area contributed by atoms with Crippen LogP contribution in [0.2, 0.25) is 5.02 Å². The predicted molar refractivity (Wildman–Crippen MR) is 74.8 cm³/mol. The van der Waals surface area contributed by atoms with Gasteiger partial charge in [0, 0.05) is 18.0 Å². The molecule has 5 heteroatoms. The molecule has 0 radical (unpaired) electrons. The maximum Gasteiger partial charge on any atom is 0.123 e. The van der Waals surface area contributed by atoms with E-state index in [0.29, 0.717) is 18.0 Å². The highest BCUT2D eigenvalue weighted by Crippen LogP contribution is 2.31. The van der Waals surface area contributed by atoms with Crippen molar-refractivity contribution in [3.63, 3.8) is 0 Å². The molecule has 0 saturated heterocycles. The van der Waals surface area contributed by atoms with E-state index in [1.54, 1.807) is 0 Å². The van der Waals surface area contributed by atoms with Crippen LogP contribution >= 0.6 is 11.6 Å². The van der Waals surface area contributed by atoms with Crippen LogP contribution in [0.15, 0.2) is 18.2 Å². The molecule has 1 aliphatic heterocycles. The minimum absolute atomic E-state index is 0.0116. The van der Waals surface area contributed by atoms with Crippen LogP contribution in [-0.2, 0) is 6.42 Å². The summed E-state index contributed by atoms with van der Waals surface area (Å²) in [5, 5.41) is 22.7. The minimum atomic E-state index is -0.629. The molecule has 4 nitrogen and oxygen atoms in total. The zero-order chi connectivity index (χ0) is 13.9. The summed E-state index contributed by atoms with van der Waals surface area (Å²) in [6.45, 7) is 2.34. The van der Waals surface area contributed by atoms with Crippen molar-refractivity contribution in [1.82, 2.24) is 5.32 Å². The summed E-state index contributed by atoms with van der Waals surface area (Å²) in [5.41, 5.74) is 0.477. The molecule has 1 aromatic rings. The Morgan fingerprint density at radius 2 is 2.16 bits per heavy atom. The number of nitrogens with one attached hydrogen (secondary N) is 1. The fraction of sp³-hybridized carbons (Fsp3) is 0.571. The monoisotopic (exact) mass is 285 g/mol. The van der Waals surface area contributed by atoms with Crippen molar-refractivity contribution in [1.29, 1.82) is 0 Å². The number of aliphatic hydroxyl groups is 2. The van der Waals surface area contributed by atoms with Crippen LogP contribution in [0, 0.1) is 0 Å². The SMILES string of the molecule is CCC(CO)(CO)NCC1Cc2cc(Cl)ccc2O1. The van der Waals surface area contributed by atoms with Gasteiger partial charge in [-0.1, -0.05) is 18.5 Å². The maximum absolute atomic E-state index is 9.38. The van der Waals surface area contributed by atoms with Crippen LogP contribution in [0.4, 0.5) is 0 Å². The van der Waals surface area contributed by atoms with Gasteiger partial charge in [0.2, 0.25) is 0 Å². The van der Waals surface area contributed by atoms with Crippen LogP contribution in [0.5, 0.6) is 5.75 Å². The topological polar surface area (TPSA) is 61.7 Å². The molecule has 3 N–H and O–H groups in total. The molecule has 1 unspecified atom stereocenters. The fourth-order valence-electron chi connectivity index (χ4n) is 2.24. The largest absolute Gasteiger partial charge is 0.488 e. The Hall–Kier alpha value is -0.810. The lowest BCUT2D eigenvalue weighted by Gasteiger charge is -2.31. The number of hydrogen-bond donors (Lipinski definition) is 3. The van der Waals surface area contributed by atoms with Gasteiger partial charge in [0.25, 0.3) is 0 Å². The average molecular weight is 286 g/mol. The van der Waals surface area contributed by atoms with E-state index in [0.717, 1.165) is 17.7 Å². The third-order valence-electron chi connectivity index (χ3n) is 3.75. The van der Waals surface area contributed by atoms with E-state index >= 15 is 0 Å². The van der Waals surface area contributed by atoms with Crippen LogP contribution in [0.25, 0.3) is 0 Å². The summed E-state index contributed by atoms with van der Waals surface area (Å²) in [6, 6.07) is 5.61. The zero-order valence-corrected chi connectivity index (χ0v) is 11.8. The Morgan fingerprint density at radius 1 is 1.42 bits per heavy atom. The van der Waals surface area contributed by atoms with Gasteiger partial charge in [-0.25, -0.2) is 0 Å². The second kappa shape index (κ2) is 6.09. The zero-order valence-electron chi connectivity index (χ0n) is 11.0. The first-order valence-corrected chi connectivity index (χ1v) is 6.92. The molecular weight excluding hydrogens is 266 g/mol. The standard InChI is InChI=1S/C14H20ClNO3/c1-2-14(8-17,9-18)16-7-12-6-10-5-11(15)3-4-13(10)19-12/h3-5,12,16-18H,2,6-9H2,1H3. The van der Waals surface area contributed by atoms with Crippen molar-refractivity contribution in [3.05, 3.63) is 28.8 Å². The van der Waals surface area contributed by atoms with Gasteiger partial charge >= 0.3 is 0 Å². The molecule has 19 heavy (non-hydrogen) atoms. The van der Waals surface area contributed by atoms with E-state index in [2.05, 4.69) is 5.32 Å². The molecule has 106 valence electrons. The number of halogens is 1. The quantitative estimate of drug-likeness (QED) is 0.739. The van der Waals surface area contributed by atoms with E-state index < -0.39 is 5.54 Å². The molecule has 0 aromatic heterocycles. The fourth-order valence-corrected chi connectivity index (χ4v) is 2.44. The molecular formula is C14H20ClNO3. The Morgan fingerprint density at radius 3 is 2.79 bits per heavy atom. The number of benzene rings is 1. The Bertz CT molecular complexity index is 426. The van der Waals surface area contributed by atoms with Gasteiger partial charge in [-0.3, -0.25) is 0 Å². The molecule has 1 heterocycles. The summed E-state index contributed by atoms with van der Waals surface area (Å²) in [5.74, 6) is 0.867. The van der Waals surface area contributed by atoms with Crippen molar-refractivity contribution >= 4 is 11.6 Å². The maximum atomic E-state index is 9.38. The molecule has 0 bridgehead atoms. The van der Waals surface area contributed by atoms with Gasteiger partial charge < -0.3 is 20.3 Å². The summed E-state index contributed by atoms with van der Waals surface area (Å²) in [6.07, 6.45) is 1.46. The smallest absolute Gasteiger partial charge is 0.123 e. The first-order chi connectivity index (χ1) is 9.12. The second-order valence-electron chi connectivity index (χ2n) is 5.03. The van der Waals surface area contributed by atoms with Crippen molar-refractivity contribution < 1.29 is 14.9 Å². The lowest BCUT2D eigenvalue weighted by atomic mass is 9.98. The van der Waals surface area contributed by atoms with Crippen molar-refractivity contribution in [2.45, 2.75) is 31.4 Å². The lowest BCUT2D eigenvalue weighted by molar-refractivity contribution is 0.0776. The normalized spacial score (nSPS) is 18.2. The molecule has 0 fully saturated rings. The minimum Gasteiger partial charge on any atom is -0.488 e. The van der Waals surface area contributed by atoms with Gasteiger partial charge in [-0.2, -0.15) is 0 Å². The Labute approximate surface area is 118 Å². The van der Waals surface area contributed by atoms with Crippen molar-refractivity contribution in [2.24, 2.45) is 0 Å². The van der Waals surface area contributed by atoms with E-state index in [9.17, 15) is 10.2 Å². The van der Waals surface area contributed by atoms with Crippen molar-refractivity contribution in [2.75, 3.05) is 19.8 Å². The predicted octanol–water partition coefficient (Wildman–Crippen LogP) is 1.37. The van der Waals surface area contributed by atoms with Crippen LogP contribution in [0.1, 0.15) is 18.9 Å². The first kappa shape index (κ1) is 14.6. The van der Waals surface area contributed by atoms with Gasteiger partial charge in [-0.15, -0.1) is 0 Å². The van der Waals surface area contributed by atoms with Gasteiger partial charge in [0.1, 0.15) is 11.9 Å². The highest BCUT2D eigenvalue weighted by molar-refractivity contribution is 6.30. The summed E-state index contributed by atoms with van der Waals surface area (Å²) < 4.78 is 5.81. The molecule has 1 atom stereocenters. The molecule has 0 amide bonds. The van der Waals surface area contributed by atoms with Gasteiger partial charge in [0.05, 0.1) is 18.8 Å². The highest BCUT2D eigenvalue weighted by Gasteiger charge is 2.29. The molecule has 0 spiro atoms. The van der Waals surface area contributed by atoms with Gasteiger partial charge in [0.15, 0.2) is 0 Å². The average Bonchev–Trinajstić information content (AvgIpc) is 2.83. The lowest BCUT2D eigenvalue weighted by Crippen LogP contribution is -2.53. The van der Waals surface area contributed by atoms with Crippen LogP contribution < -0.4 is 10.1 Å². The Balaban J connectivity index is 1.93. The number of hydrogen-bond acceptors (Lipinski definition) is 4.